The number of aromatic nitrogens is 6. The van der Waals surface area contributed by atoms with Gasteiger partial charge >= 0.3 is 5.76 Å². The second kappa shape index (κ2) is 11.9. The van der Waals surface area contributed by atoms with Gasteiger partial charge in [-0.1, -0.05) is 60.1 Å². The van der Waals surface area contributed by atoms with Crippen molar-refractivity contribution >= 4 is 11.5 Å². The Bertz CT molecular complexity index is 1900. The molecule has 5 aromatic rings. The summed E-state index contributed by atoms with van der Waals surface area (Å²) >= 11 is 0. The van der Waals surface area contributed by atoms with Crippen LogP contribution in [0.15, 0.2) is 61.7 Å². The summed E-state index contributed by atoms with van der Waals surface area (Å²) in [7, 11) is 0. The quantitative estimate of drug-likeness (QED) is 0.186. The second-order valence-corrected chi connectivity index (χ2v) is 10.0. The number of fused-ring (bicyclic) bond motifs is 1. The Morgan fingerprint density at radius 3 is 2.60 bits per heavy atom. The van der Waals surface area contributed by atoms with Crippen molar-refractivity contribution in [3.05, 3.63) is 91.8 Å². The Labute approximate surface area is 240 Å². The van der Waals surface area contributed by atoms with Gasteiger partial charge < -0.3 is 4.84 Å². The summed E-state index contributed by atoms with van der Waals surface area (Å²) in [6.07, 6.45) is 1.38. The Balaban J connectivity index is 1.61. The highest BCUT2D eigenvalue weighted by molar-refractivity contribution is 5.85. The minimum Gasteiger partial charge on any atom is -0.396 e. The van der Waals surface area contributed by atoms with Crippen molar-refractivity contribution in [2.24, 2.45) is 5.16 Å². The van der Waals surface area contributed by atoms with E-state index in [0.29, 0.717) is 63.9 Å². The van der Waals surface area contributed by atoms with Crippen LogP contribution >= 0.6 is 0 Å². The molecule has 12 heteroatoms. The molecular weight excluding hydrogens is 541 g/mol. The summed E-state index contributed by atoms with van der Waals surface area (Å²) in [5, 5.41) is 12.5. The van der Waals surface area contributed by atoms with Crippen LogP contribution in [0, 0.1) is 12.7 Å². The number of nitrogens with one attached hydrogen (secondary N) is 1. The molecule has 0 saturated carbocycles. The molecule has 3 aromatic heterocycles. The Hall–Kier alpha value is -4.87. The third kappa shape index (κ3) is 5.39. The maximum atomic E-state index is 15.8. The van der Waals surface area contributed by atoms with Crippen molar-refractivity contribution in [1.82, 2.24) is 29.3 Å². The lowest BCUT2D eigenvalue weighted by Crippen LogP contribution is -2.34. The number of hydrogen-bond donors (Lipinski definition) is 1. The lowest BCUT2D eigenvalue weighted by molar-refractivity contribution is 0.157. The predicted molar refractivity (Wildman–Crippen MR) is 156 cm³/mol. The van der Waals surface area contributed by atoms with E-state index in [1.54, 1.807) is 47.2 Å². The van der Waals surface area contributed by atoms with Gasteiger partial charge in [0.25, 0.3) is 5.56 Å². The smallest absolute Gasteiger partial charge is 0.396 e. The molecule has 0 aliphatic rings. The van der Waals surface area contributed by atoms with Crippen LogP contribution in [0.2, 0.25) is 0 Å². The molecule has 0 saturated heterocycles. The average Bonchev–Trinajstić information content (AvgIpc) is 3.59. The first-order chi connectivity index (χ1) is 20.2. The van der Waals surface area contributed by atoms with Gasteiger partial charge in [-0.05, 0) is 56.9 Å². The normalized spacial score (nSPS) is 12.7. The number of halogens is 1. The van der Waals surface area contributed by atoms with Crippen LogP contribution in [-0.2, 0) is 17.7 Å². The van der Waals surface area contributed by atoms with Crippen molar-refractivity contribution in [3.63, 3.8) is 0 Å². The number of aromatic amines is 1. The van der Waals surface area contributed by atoms with Crippen molar-refractivity contribution in [3.8, 4) is 22.5 Å². The molecule has 0 aliphatic heterocycles. The fourth-order valence-electron chi connectivity index (χ4n) is 5.01. The van der Waals surface area contributed by atoms with Crippen LogP contribution in [0.25, 0.3) is 28.3 Å². The summed E-state index contributed by atoms with van der Waals surface area (Å²) in [4.78, 5) is 38.0. The summed E-state index contributed by atoms with van der Waals surface area (Å²) in [5.41, 5.74) is 3.66. The molecule has 0 bridgehead atoms. The number of rotatable bonds is 10. The number of benzene rings is 2. The number of nitrogens with zero attached hydrogens (tertiary/aromatic N) is 6. The molecule has 42 heavy (non-hydrogen) atoms. The van der Waals surface area contributed by atoms with Gasteiger partial charge in [0.2, 0.25) is 5.78 Å². The van der Waals surface area contributed by atoms with Crippen LogP contribution in [0.1, 0.15) is 62.8 Å². The monoisotopic (exact) mass is 573 g/mol. The van der Waals surface area contributed by atoms with Crippen LogP contribution in [0.5, 0.6) is 0 Å². The van der Waals surface area contributed by atoms with E-state index in [9.17, 15) is 9.59 Å². The van der Waals surface area contributed by atoms with Gasteiger partial charge in [0.1, 0.15) is 18.2 Å². The summed E-state index contributed by atoms with van der Waals surface area (Å²) < 4.78 is 23.7. The predicted octanol–water partition coefficient (Wildman–Crippen LogP) is 4.87. The molecule has 0 fully saturated rings. The lowest BCUT2D eigenvalue weighted by Gasteiger charge is -2.20. The lowest BCUT2D eigenvalue weighted by atomic mass is 9.95. The van der Waals surface area contributed by atoms with E-state index in [4.69, 9.17) is 4.84 Å². The minimum absolute atomic E-state index is 0.0573. The molecule has 11 nitrogen and oxygen atoms in total. The highest BCUT2D eigenvalue weighted by atomic mass is 19.1. The van der Waals surface area contributed by atoms with Crippen molar-refractivity contribution in [2.75, 3.05) is 6.61 Å². The molecule has 218 valence electrons. The van der Waals surface area contributed by atoms with Crippen LogP contribution in [-0.4, -0.2) is 41.6 Å². The molecule has 1 atom stereocenters. The van der Waals surface area contributed by atoms with E-state index in [1.165, 1.54) is 6.07 Å². The molecule has 0 amide bonds. The Kier molecular flexibility index (Phi) is 8.14. The van der Waals surface area contributed by atoms with Gasteiger partial charge in [0.15, 0.2) is 5.82 Å². The zero-order valence-electron chi connectivity index (χ0n) is 24.1. The number of H-pyrrole nitrogens is 1. The molecule has 0 radical (unpaired) electrons. The van der Waals surface area contributed by atoms with Crippen molar-refractivity contribution in [1.29, 1.82) is 0 Å². The zero-order chi connectivity index (χ0) is 30.0. The van der Waals surface area contributed by atoms with Gasteiger partial charge in [-0.15, -0.1) is 0 Å². The first-order valence-corrected chi connectivity index (χ1v) is 13.8. The van der Waals surface area contributed by atoms with Crippen molar-refractivity contribution < 1.29 is 13.8 Å². The number of aryl methyl sites for hydroxylation is 2. The van der Waals surface area contributed by atoms with Crippen molar-refractivity contribution in [2.45, 2.75) is 59.9 Å². The molecule has 0 aliphatic carbocycles. The Morgan fingerprint density at radius 2 is 1.93 bits per heavy atom. The first kappa shape index (κ1) is 28.7. The summed E-state index contributed by atoms with van der Waals surface area (Å²) in [6.45, 7) is 9.65. The minimum atomic E-state index is -0.678. The van der Waals surface area contributed by atoms with E-state index >= 15 is 4.39 Å². The van der Waals surface area contributed by atoms with Gasteiger partial charge in [-0.2, -0.15) is 10.1 Å². The van der Waals surface area contributed by atoms with Crippen LogP contribution in [0.4, 0.5) is 4.39 Å². The van der Waals surface area contributed by atoms with Crippen LogP contribution in [0.3, 0.4) is 0 Å². The standard InChI is InChI=1S/C30H32FN7O4/c1-6-10-26-24(28(39)37(18(4)17(3)35-41-7-2)29-32-19(5)34-38(26)29)15-21-14-13-20(16-25(21)31)22-11-8-9-12-23(22)27-33-30(40)42-36-27/h8-9,11-14,16,18H,6-7,10,15H2,1-5H3,(H,33,36,40)/b35-17+. The van der Waals surface area contributed by atoms with E-state index in [-0.39, 0.29) is 17.8 Å². The molecule has 2 aromatic carbocycles. The Morgan fingerprint density at radius 1 is 1.17 bits per heavy atom. The third-order valence-corrected chi connectivity index (χ3v) is 7.16. The highest BCUT2D eigenvalue weighted by Gasteiger charge is 2.25. The SMILES string of the molecule is CCCc1c(Cc2ccc(-c3ccccc3-c3noc(=O)[nH]3)cc2F)c(=O)n(C(C)/C(C)=N/OCC)c2nc(C)nn12. The van der Waals surface area contributed by atoms with Gasteiger partial charge in [0.05, 0.1) is 17.4 Å². The number of oxime groups is 1. The first-order valence-electron chi connectivity index (χ1n) is 13.8. The molecular formula is C30H32FN7O4. The maximum Gasteiger partial charge on any atom is 0.439 e. The van der Waals surface area contributed by atoms with E-state index in [2.05, 4.69) is 29.9 Å². The van der Waals surface area contributed by atoms with Gasteiger partial charge in [0, 0.05) is 17.5 Å². The summed E-state index contributed by atoms with van der Waals surface area (Å²) in [6, 6.07) is 11.6. The molecule has 1 N–H and O–H groups in total. The van der Waals surface area contributed by atoms with Crippen LogP contribution < -0.4 is 11.3 Å². The summed E-state index contributed by atoms with van der Waals surface area (Å²) in [5.74, 6) is 0.0245. The van der Waals surface area contributed by atoms with E-state index in [0.717, 1.165) is 6.42 Å². The third-order valence-electron chi connectivity index (χ3n) is 7.16. The maximum absolute atomic E-state index is 15.8. The fourth-order valence-corrected chi connectivity index (χ4v) is 5.01. The molecule has 1 unspecified atom stereocenters. The van der Waals surface area contributed by atoms with E-state index in [1.807, 2.05) is 32.9 Å². The van der Waals surface area contributed by atoms with E-state index < -0.39 is 17.6 Å². The second-order valence-electron chi connectivity index (χ2n) is 10.0. The zero-order valence-corrected chi connectivity index (χ0v) is 24.1. The molecule has 5 rings (SSSR count). The average molecular weight is 574 g/mol. The fraction of sp³-hybridized carbons (Fsp3) is 0.333. The topological polar surface area (TPSA) is 133 Å². The molecule has 3 heterocycles. The van der Waals surface area contributed by atoms with Gasteiger partial charge in [-0.25, -0.2) is 13.7 Å². The molecule has 0 spiro atoms. The van der Waals surface area contributed by atoms with Gasteiger partial charge in [-0.3, -0.25) is 18.9 Å². The highest BCUT2D eigenvalue weighted by Crippen LogP contribution is 2.31. The number of hydrogen-bond acceptors (Lipinski definition) is 8. The largest absolute Gasteiger partial charge is 0.439 e.